The van der Waals surface area contributed by atoms with Crippen molar-refractivity contribution in [1.29, 1.82) is 0 Å². The third-order valence-corrected chi connectivity index (χ3v) is 6.84. The molecule has 1 aromatic carbocycles. The second-order valence-electron chi connectivity index (χ2n) is 8.69. The molecule has 8 nitrogen and oxygen atoms in total. The Kier molecular flexibility index (Phi) is 28.8. The van der Waals surface area contributed by atoms with Crippen LogP contribution >= 0.6 is 0 Å². The predicted molar refractivity (Wildman–Crippen MR) is 152 cm³/mol. The number of aromatic hydroxyl groups is 1. The summed E-state index contributed by atoms with van der Waals surface area (Å²) in [5, 5.41) is 6.69. The fourth-order valence-corrected chi connectivity index (χ4v) is 3.91. The van der Waals surface area contributed by atoms with Crippen molar-refractivity contribution in [3.63, 3.8) is 0 Å². The second-order valence-corrected chi connectivity index (χ2v) is 10.3. The molecule has 0 aliphatic rings. The van der Waals surface area contributed by atoms with Gasteiger partial charge in [-0.1, -0.05) is 84.4 Å². The van der Waals surface area contributed by atoms with Gasteiger partial charge in [0.15, 0.2) is 5.25 Å². The number of esters is 2. The van der Waals surface area contributed by atoms with Crippen LogP contribution in [0, 0.1) is 11.8 Å². The van der Waals surface area contributed by atoms with E-state index < -0.39 is 33.7 Å². The summed E-state index contributed by atoms with van der Waals surface area (Å²) < 4.78 is 42.8. The van der Waals surface area contributed by atoms with Crippen molar-refractivity contribution in [2.24, 2.45) is 11.8 Å². The summed E-state index contributed by atoms with van der Waals surface area (Å²) in [7, 11) is -4.76. The topological polar surface area (TPSA) is 127 Å². The van der Waals surface area contributed by atoms with Gasteiger partial charge in [-0.05, 0) is 36.8 Å². The van der Waals surface area contributed by atoms with E-state index in [1.165, 1.54) is 0 Å². The molecular weight excluding hydrogens is 633 g/mol. The Morgan fingerprint density at radius 1 is 0.865 bits per heavy atom. The molecule has 11 heteroatoms. The molecule has 0 amide bonds. The molecule has 0 aliphatic carbocycles. The fourth-order valence-electron chi connectivity index (χ4n) is 3.25. The van der Waals surface area contributed by atoms with E-state index in [0.29, 0.717) is 5.75 Å². The summed E-state index contributed by atoms with van der Waals surface area (Å²) in [4.78, 5) is 24.2. The first kappa shape index (κ1) is 41.9. The van der Waals surface area contributed by atoms with E-state index in [2.05, 4.69) is 13.8 Å². The molecule has 37 heavy (non-hydrogen) atoms. The van der Waals surface area contributed by atoms with Crippen molar-refractivity contribution < 1.29 is 37.1 Å². The van der Waals surface area contributed by atoms with Gasteiger partial charge in [-0.15, -0.1) is 0 Å². The Hall–Kier alpha value is 0.441. The summed E-state index contributed by atoms with van der Waals surface area (Å²) in [5.41, 5.74) is 0. The van der Waals surface area contributed by atoms with E-state index in [1.807, 2.05) is 19.9 Å². The van der Waals surface area contributed by atoms with E-state index in [4.69, 9.17) is 14.6 Å². The predicted octanol–water partition coefficient (Wildman–Crippen LogP) is 3.98. The standard InChI is InChI=1S/C20H38O7S.C6H6O.Ba.Na.3H/c1-5-9-11-16(7-3)14-26-19(21)13-18(28(23,24)25)20(22)27-15-17(8-4)12-10-6-2;7-6-4-2-1-3-5-6;;;;;/h16-18H,5-15H2,1-4H3,(H,23,24,25);1-5,7H;;;;;. The van der Waals surface area contributed by atoms with Gasteiger partial charge >= 0.3 is 90.4 Å². The van der Waals surface area contributed by atoms with Crippen LogP contribution in [0.2, 0.25) is 0 Å². The van der Waals surface area contributed by atoms with Crippen molar-refractivity contribution in [2.45, 2.75) is 90.7 Å². The summed E-state index contributed by atoms with van der Waals surface area (Å²) >= 11 is 0. The van der Waals surface area contributed by atoms with Crippen LogP contribution in [0.3, 0.4) is 0 Å². The molecule has 0 fully saturated rings. The molecule has 3 unspecified atom stereocenters. The van der Waals surface area contributed by atoms with Crippen LogP contribution in [-0.4, -0.2) is 127 Å². The number of phenolic OH excluding ortho intramolecular Hbond substituents is 1. The van der Waals surface area contributed by atoms with Crippen LogP contribution in [0.4, 0.5) is 0 Å². The normalized spacial score (nSPS) is 12.9. The number of carbonyl (C=O) groups is 2. The van der Waals surface area contributed by atoms with E-state index in [-0.39, 0.29) is 103 Å². The first-order valence-electron chi connectivity index (χ1n) is 12.6. The zero-order chi connectivity index (χ0) is 26.7. The van der Waals surface area contributed by atoms with Crippen LogP contribution < -0.4 is 0 Å². The number of para-hydroxylation sites is 1. The third kappa shape index (κ3) is 21.9. The molecule has 0 saturated heterocycles. The Balaban J connectivity index is -0.00000110. The van der Waals surface area contributed by atoms with Crippen molar-refractivity contribution >= 4 is 100 Å². The quantitative estimate of drug-likeness (QED) is 0.153. The van der Waals surface area contributed by atoms with E-state index in [9.17, 15) is 22.6 Å². The van der Waals surface area contributed by atoms with Gasteiger partial charge in [0.05, 0.1) is 19.6 Å². The Bertz CT molecular complexity index is 808. The van der Waals surface area contributed by atoms with Crippen LogP contribution in [0.15, 0.2) is 30.3 Å². The van der Waals surface area contributed by atoms with Gasteiger partial charge in [0, 0.05) is 0 Å². The molecule has 3 atom stereocenters. The molecule has 1 rings (SSSR count). The van der Waals surface area contributed by atoms with Gasteiger partial charge in [-0.25, -0.2) is 0 Å². The van der Waals surface area contributed by atoms with E-state index in [0.717, 1.165) is 51.4 Å². The number of phenols is 1. The van der Waals surface area contributed by atoms with E-state index in [1.54, 1.807) is 24.3 Å². The van der Waals surface area contributed by atoms with Crippen LogP contribution in [-0.2, 0) is 29.2 Å². The summed E-state index contributed by atoms with van der Waals surface area (Å²) in [6.07, 6.45) is 6.74. The summed E-state index contributed by atoms with van der Waals surface area (Å²) in [6.45, 7) is 8.35. The second kappa shape index (κ2) is 25.4. The number of carbonyl (C=O) groups excluding carboxylic acids is 2. The monoisotopic (exact) mass is 680 g/mol. The molecule has 0 saturated carbocycles. The molecular formula is C26H47BaNaO8S. The fraction of sp³-hybridized carbons (Fsp3) is 0.692. The summed E-state index contributed by atoms with van der Waals surface area (Å²) in [6, 6.07) is 8.71. The first-order chi connectivity index (χ1) is 16.6. The average Bonchev–Trinajstić information content (AvgIpc) is 2.82. The molecule has 0 spiro atoms. The van der Waals surface area contributed by atoms with Gasteiger partial charge in [-0.3, -0.25) is 14.1 Å². The Morgan fingerprint density at radius 2 is 1.32 bits per heavy atom. The zero-order valence-corrected chi connectivity index (χ0v) is 22.5. The van der Waals surface area contributed by atoms with Crippen LogP contribution in [0.25, 0.3) is 0 Å². The number of rotatable bonds is 16. The van der Waals surface area contributed by atoms with Crippen molar-refractivity contribution in [2.75, 3.05) is 13.2 Å². The minimum atomic E-state index is -4.76. The Morgan fingerprint density at radius 3 is 1.68 bits per heavy atom. The van der Waals surface area contributed by atoms with Crippen molar-refractivity contribution in [1.82, 2.24) is 0 Å². The van der Waals surface area contributed by atoms with Gasteiger partial charge in [-0.2, -0.15) is 8.42 Å². The minimum absolute atomic E-state index is 0. The molecule has 1 aromatic rings. The number of ether oxygens (including phenoxy) is 2. The molecule has 0 heterocycles. The molecule has 0 bridgehead atoms. The SMILES string of the molecule is CCCCC(CC)COC(=O)CC(C(=O)OCC(CC)CCCC)S(=O)(=O)O.Oc1ccccc1.[BaH2].[NaH]. The van der Waals surface area contributed by atoms with Gasteiger partial charge < -0.3 is 14.6 Å². The van der Waals surface area contributed by atoms with Gasteiger partial charge in [0.1, 0.15) is 5.75 Å². The zero-order valence-electron chi connectivity index (χ0n) is 21.6. The maximum atomic E-state index is 12.2. The first-order valence-corrected chi connectivity index (χ1v) is 14.1. The molecule has 2 N–H and O–H groups in total. The van der Waals surface area contributed by atoms with Crippen molar-refractivity contribution in [3.05, 3.63) is 30.3 Å². The number of unbranched alkanes of at least 4 members (excludes halogenated alkanes) is 2. The van der Waals surface area contributed by atoms with E-state index >= 15 is 0 Å². The number of hydrogen-bond acceptors (Lipinski definition) is 7. The van der Waals surface area contributed by atoms with Crippen LogP contribution in [0.1, 0.15) is 85.5 Å². The van der Waals surface area contributed by atoms with Crippen LogP contribution in [0.5, 0.6) is 5.75 Å². The number of benzene rings is 1. The molecule has 0 aromatic heterocycles. The third-order valence-electron chi connectivity index (χ3n) is 5.76. The average molecular weight is 680 g/mol. The summed E-state index contributed by atoms with van der Waals surface area (Å²) in [5.74, 6) is -1.28. The molecule has 208 valence electrons. The molecule has 0 radical (unpaired) electrons. The van der Waals surface area contributed by atoms with Crippen molar-refractivity contribution in [3.8, 4) is 5.75 Å². The van der Waals surface area contributed by atoms with Gasteiger partial charge in [0.2, 0.25) is 0 Å². The van der Waals surface area contributed by atoms with Gasteiger partial charge in [0.25, 0.3) is 10.1 Å². The Labute approximate surface area is 286 Å². The maximum absolute atomic E-state index is 12.2. The molecule has 0 aliphatic heterocycles. The number of hydrogen-bond donors (Lipinski definition) is 2.